The summed E-state index contributed by atoms with van der Waals surface area (Å²) in [4.78, 5) is 11.8. The van der Waals surface area contributed by atoms with Crippen LogP contribution in [0.15, 0.2) is 24.3 Å². The Labute approximate surface area is 133 Å². The minimum atomic E-state index is 0.125. The summed E-state index contributed by atoms with van der Waals surface area (Å²) in [5, 5.41) is 6.29. The van der Waals surface area contributed by atoms with Crippen molar-refractivity contribution in [3.8, 4) is 5.75 Å². The molecule has 1 aromatic carbocycles. The summed E-state index contributed by atoms with van der Waals surface area (Å²) in [5.41, 5.74) is 1.45. The first-order valence-electron chi connectivity index (χ1n) is 8.18. The van der Waals surface area contributed by atoms with E-state index in [9.17, 15) is 4.79 Å². The average Bonchev–Trinajstić information content (AvgIpc) is 2.96. The van der Waals surface area contributed by atoms with Gasteiger partial charge in [-0.3, -0.25) is 4.79 Å². The largest absolute Gasteiger partial charge is 0.494 e. The Balaban J connectivity index is 1.64. The van der Waals surface area contributed by atoms with Gasteiger partial charge in [-0.05, 0) is 42.5 Å². The molecular formula is C18H28N2O2. The molecule has 1 atom stereocenters. The van der Waals surface area contributed by atoms with Gasteiger partial charge in [-0.25, -0.2) is 0 Å². The fraction of sp³-hybridized carbons (Fsp3) is 0.611. The first-order chi connectivity index (χ1) is 10.4. The summed E-state index contributed by atoms with van der Waals surface area (Å²) in [6, 6.07) is 8.53. The fourth-order valence-corrected chi connectivity index (χ4v) is 2.55. The number of benzene rings is 1. The maximum atomic E-state index is 11.8. The molecular weight excluding hydrogens is 276 g/mol. The first kappa shape index (κ1) is 16.8. The van der Waals surface area contributed by atoms with E-state index in [4.69, 9.17) is 4.74 Å². The molecule has 0 aliphatic carbocycles. The Morgan fingerprint density at radius 2 is 2.05 bits per heavy atom. The molecule has 0 bridgehead atoms. The van der Waals surface area contributed by atoms with Crippen LogP contribution in [-0.4, -0.2) is 31.6 Å². The maximum absolute atomic E-state index is 11.8. The number of amides is 1. The number of carbonyl (C=O) groups is 1. The van der Waals surface area contributed by atoms with Gasteiger partial charge in [0, 0.05) is 19.0 Å². The Morgan fingerprint density at radius 3 is 2.64 bits per heavy atom. The smallest absolute Gasteiger partial charge is 0.220 e. The van der Waals surface area contributed by atoms with E-state index in [-0.39, 0.29) is 11.3 Å². The molecule has 1 unspecified atom stereocenters. The average molecular weight is 304 g/mol. The quantitative estimate of drug-likeness (QED) is 0.794. The van der Waals surface area contributed by atoms with E-state index in [1.807, 2.05) is 12.1 Å². The van der Waals surface area contributed by atoms with Gasteiger partial charge in [0.05, 0.1) is 6.61 Å². The minimum absolute atomic E-state index is 0.125. The van der Waals surface area contributed by atoms with Crippen LogP contribution in [0.3, 0.4) is 0 Å². The Hall–Kier alpha value is -1.55. The van der Waals surface area contributed by atoms with Crippen molar-refractivity contribution in [1.29, 1.82) is 0 Å². The van der Waals surface area contributed by atoms with Gasteiger partial charge in [0.25, 0.3) is 0 Å². The number of carbonyl (C=O) groups excluding carboxylic acids is 1. The van der Waals surface area contributed by atoms with E-state index in [0.717, 1.165) is 31.7 Å². The summed E-state index contributed by atoms with van der Waals surface area (Å²) < 4.78 is 5.70. The van der Waals surface area contributed by atoms with Crippen LogP contribution < -0.4 is 15.4 Å². The molecule has 1 aliphatic heterocycles. The number of ether oxygens (including phenoxy) is 1. The molecule has 22 heavy (non-hydrogen) atoms. The van der Waals surface area contributed by atoms with Crippen LogP contribution in [0.2, 0.25) is 0 Å². The van der Waals surface area contributed by atoms with E-state index in [1.165, 1.54) is 5.56 Å². The molecule has 1 fully saturated rings. The third-order valence-electron chi connectivity index (χ3n) is 3.96. The Kier molecular flexibility index (Phi) is 5.83. The number of hydrogen-bond donors (Lipinski definition) is 2. The molecule has 1 aromatic rings. The second kappa shape index (κ2) is 7.63. The van der Waals surface area contributed by atoms with Crippen molar-refractivity contribution >= 4 is 5.91 Å². The van der Waals surface area contributed by atoms with Crippen LogP contribution in [0.1, 0.15) is 45.6 Å². The van der Waals surface area contributed by atoms with Crippen LogP contribution in [0, 0.1) is 0 Å². The maximum Gasteiger partial charge on any atom is 0.220 e. The summed E-state index contributed by atoms with van der Waals surface area (Å²) in [7, 11) is 0. The molecule has 0 spiro atoms. The van der Waals surface area contributed by atoms with Gasteiger partial charge in [-0.1, -0.05) is 32.9 Å². The molecule has 1 heterocycles. The van der Waals surface area contributed by atoms with Crippen molar-refractivity contribution in [2.75, 3.05) is 19.7 Å². The molecule has 0 radical (unpaired) electrons. The molecule has 1 amide bonds. The lowest BCUT2D eigenvalue weighted by Crippen LogP contribution is -2.36. The topological polar surface area (TPSA) is 50.4 Å². The predicted molar refractivity (Wildman–Crippen MR) is 89.3 cm³/mol. The number of nitrogens with one attached hydrogen (secondary N) is 2. The highest BCUT2D eigenvalue weighted by Gasteiger charge is 2.16. The van der Waals surface area contributed by atoms with Gasteiger partial charge in [0.2, 0.25) is 5.91 Å². The van der Waals surface area contributed by atoms with E-state index in [2.05, 4.69) is 43.5 Å². The lowest BCUT2D eigenvalue weighted by Gasteiger charge is -2.19. The third kappa shape index (κ3) is 5.34. The van der Waals surface area contributed by atoms with Crippen molar-refractivity contribution in [2.45, 2.75) is 51.5 Å². The van der Waals surface area contributed by atoms with Gasteiger partial charge in [-0.2, -0.15) is 0 Å². The van der Waals surface area contributed by atoms with Crippen LogP contribution in [0.4, 0.5) is 0 Å². The van der Waals surface area contributed by atoms with E-state index < -0.39 is 0 Å². The fourth-order valence-electron chi connectivity index (χ4n) is 2.55. The van der Waals surface area contributed by atoms with Gasteiger partial charge >= 0.3 is 0 Å². The molecule has 0 saturated carbocycles. The van der Waals surface area contributed by atoms with Crippen molar-refractivity contribution in [3.05, 3.63) is 29.8 Å². The highest BCUT2D eigenvalue weighted by atomic mass is 16.5. The predicted octanol–water partition coefficient (Wildman–Crippen LogP) is 2.62. The molecule has 2 N–H and O–H groups in total. The lowest BCUT2D eigenvalue weighted by atomic mass is 9.87. The highest BCUT2D eigenvalue weighted by Crippen LogP contribution is 2.24. The SMILES string of the molecule is CC(C)(C)c1ccc(OCCCC(=O)NC2CCNC2)cc1. The van der Waals surface area contributed by atoms with E-state index in [0.29, 0.717) is 19.1 Å². The molecule has 4 nitrogen and oxygen atoms in total. The number of rotatable bonds is 6. The molecule has 122 valence electrons. The first-order valence-corrected chi connectivity index (χ1v) is 8.18. The highest BCUT2D eigenvalue weighted by molar-refractivity contribution is 5.76. The van der Waals surface area contributed by atoms with Gasteiger partial charge in [0.1, 0.15) is 5.75 Å². The number of hydrogen-bond acceptors (Lipinski definition) is 3. The Morgan fingerprint density at radius 1 is 1.32 bits per heavy atom. The zero-order valence-electron chi connectivity index (χ0n) is 13.9. The van der Waals surface area contributed by atoms with Crippen LogP contribution in [-0.2, 0) is 10.2 Å². The minimum Gasteiger partial charge on any atom is -0.494 e. The van der Waals surface area contributed by atoms with Crippen molar-refractivity contribution in [2.24, 2.45) is 0 Å². The summed E-state index contributed by atoms with van der Waals surface area (Å²) in [6.07, 6.45) is 2.30. The normalized spacial score (nSPS) is 18.2. The van der Waals surface area contributed by atoms with Gasteiger partial charge in [0.15, 0.2) is 0 Å². The summed E-state index contributed by atoms with van der Waals surface area (Å²) in [6.45, 7) is 9.05. The van der Waals surface area contributed by atoms with Crippen LogP contribution in [0.5, 0.6) is 5.75 Å². The van der Waals surface area contributed by atoms with Gasteiger partial charge in [-0.15, -0.1) is 0 Å². The monoisotopic (exact) mass is 304 g/mol. The second-order valence-corrected chi connectivity index (χ2v) is 6.98. The van der Waals surface area contributed by atoms with Crippen molar-refractivity contribution in [3.63, 3.8) is 0 Å². The van der Waals surface area contributed by atoms with E-state index >= 15 is 0 Å². The van der Waals surface area contributed by atoms with Crippen LogP contribution >= 0.6 is 0 Å². The van der Waals surface area contributed by atoms with Crippen LogP contribution in [0.25, 0.3) is 0 Å². The zero-order chi connectivity index (χ0) is 16.0. The second-order valence-electron chi connectivity index (χ2n) is 6.98. The molecule has 4 heteroatoms. The van der Waals surface area contributed by atoms with E-state index in [1.54, 1.807) is 0 Å². The van der Waals surface area contributed by atoms with Crippen molar-refractivity contribution < 1.29 is 9.53 Å². The molecule has 2 rings (SSSR count). The molecule has 1 saturated heterocycles. The zero-order valence-corrected chi connectivity index (χ0v) is 13.9. The van der Waals surface area contributed by atoms with Crippen molar-refractivity contribution in [1.82, 2.24) is 10.6 Å². The lowest BCUT2D eigenvalue weighted by molar-refractivity contribution is -0.121. The Bertz CT molecular complexity index is 471. The third-order valence-corrected chi connectivity index (χ3v) is 3.96. The standard InChI is InChI=1S/C18H28N2O2/c1-18(2,3)14-6-8-16(9-7-14)22-12-4-5-17(21)20-15-10-11-19-13-15/h6-9,15,19H,4-5,10-13H2,1-3H3,(H,20,21). The summed E-state index contributed by atoms with van der Waals surface area (Å²) >= 11 is 0. The molecule has 0 aromatic heterocycles. The summed E-state index contributed by atoms with van der Waals surface area (Å²) in [5.74, 6) is 0.994. The van der Waals surface area contributed by atoms with Gasteiger partial charge < -0.3 is 15.4 Å². The molecule has 1 aliphatic rings.